The number of hydrogen-bond donors (Lipinski definition) is 0. The van der Waals surface area contributed by atoms with Crippen molar-refractivity contribution < 1.29 is 13.2 Å². The molecule has 0 radical (unpaired) electrons. The van der Waals surface area contributed by atoms with Crippen molar-refractivity contribution in [1.82, 2.24) is 4.31 Å². The molecule has 1 fully saturated rings. The molecule has 1 atom stereocenters. The van der Waals surface area contributed by atoms with Crippen LogP contribution in [0.15, 0.2) is 29.2 Å². The molecule has 0 N–H and O–H groups in total. The third-order valence-corrected chi connectivity index (χ3v) is 5.29. The summed E-state index contributed by atoms with van der Waals surface area (Å²) in [6, 6.07) is 8.25. The van der Waals surface area contributed by atoms with E-state index in [4.69, 9.17) is 10.00 Å². The van der Waals surface area contributed by atoms with Gasteiger partial charge in [-0.3, -0.25) is 0 Å². The quantitative estimate of drug-likeness (QED) is 0.848. The van der Waals surface area contributed by atoms with Crippen molar-refractivity contribution in [3.8, 4) is 6.07 Å². The van der Waals surface area contributed by atoms with E-state index in [1.54, 1.807) is 12.1 Å². The van der Waals surface area contributed by atoms with Crippen molar-refractivity contribution >= 4 is 10.0 Å². The molecule has 108 valence electrons. The van der Waals surface area contributed by atoms with Crippen molar-refractivity contribution in [2.45, 2.75) is 30.8 Å². The lowest BCUT2D eigenvalue weighted by Crippen LogP contribution is -2.43. The van der Waals surface area contributed by atoms with Crippen molar-refractivity contribution in [1.29, 1.82) is 5.26 Å². The molecule has 0 aliphatic carbocycles. The molecule has 1 aliphatic rings. The van der Waals surface area contributed by atoms with Gasteiger partial charge < -0.3 is 4.74 Å². The Kier molecular flexibility index (Phi) is 4.76. The van der Waals surface area contributed by atoms with Crippen LogP contribution in [0.2, 0.25) is 0 Å². The molecule has 0 aromatic heterocycles. The maximum atomic E-state index is 12.6. The molecule has 0 bridgehead atoms. The molecule has 0 amide bonds. The molecule has 0 spiro atoms. The highest BCUT2D eigenvalue weighted by atomic mass is 32.2. The summed E-state index contributed by atoms with van der Waals surface area (Å²) in [4.78, 5) is 0.0830. The molecule has 2 rings (SSSR count). The highest BCUT2D eigenvalue weighted by Gasteiger charge is 2.31. The summed E-state index contributed by atoms with van der Waals surface area (Å²) in [6.07, 6.45) is 1.59. The van der Waals surface area contributed by atoms with Crippen LogP contribution >= 0.6 is 0 Å². The van der Waals surface area contributed by atoms with E-state index in [0.29, 0.717) is 19.7 Å². The number of ether oxygens (including phenoxy) is 1. The summed E-state index contributed by atoms with van der Waals surface area (Å²) < 4.78 is 32.2. The number of hydrogen-bond acceptors (Lipinski definition) is 4. The van der Waals surface area contributed by atoms with E-state index >= 15 is 0 Å². The maximum Gasteiger partial charge on any atom is 0.244 e. The zero-order valence-corrected chi connectivity index (χ0v) is 12.3. The Morgan fingerprint density at radius 2 is 2.20 bits per heavy atom. The van der Waals surface area contributed by atoms with Crippen molar-refractivity contribution in [3.05, 3.63) is 29.8 Å². The van der Waals surface area contributed by atoms with Gasteiger partial charge in [0.25, 0.3) is 0 Å². The summed E-state index contributed by atoms with van der Waals surface area (Å²) in [5.41, 5.74) is 0.186. The van der Waals surface area contributed by atoms with Gasteiger partial charge in [0.05, 0.1) is 16.6 Å². The number of sulfonamides is 1. The Bertz CT molecular complexity index is 605. The summed E-state index contributed by atoms with van der Waals surface area (Å²) in [5, 5.41) is 9.06. The first-order chi connectivity index (χ1) is 9.59. The van der Waals surface area contributed by atoms with E-state index in [1.165, 1.54) is 16.4 Å². The molecule has 1 heterocycles. The summed E-state index contributed by atoms with van der Waals surface area (Å²) in [5.74, 6) is 0. The summed E-state index contributed by atoms with van der Waals surface area (Å²) in [7, 11) is -3.63. The summed E-state index contributed by atoms with van der Waals surface area (Å²) in [6.45, 7) is 3.31. The van der Waals surface area contributed by atoms with Gasteiger partial charge in [0.15, 0.2) is 0 Å². The van der Waals surface area contributed by atoms with Crippen LogP contribution in [0, 0.1) is 11.3 Å². The van der Waals surface area contributed by atoms with E-state index in [2.05, 4.69) is 0 Å². The third-order valence-electron chi connectivity index (χ3n) is 3.37. The van der Waals surface area contributed by atoms with Gasteiger partial charge in [-0.2, -0.15) is 9.57 Å². The second-order valence-corrected chi connectivity index (χ2v) is 6.60. The van der Waals surface area contributed by atoms with Crippen LogP contribution in [-0.2, 0) is 14.8 Å². The minimum absolute atomic E-state index is 0.0576. The lowest BCUT2D eigenvalue weighted by atomic mass is 10.1. The first-order valence-electron chi connectivity index (χ1n) is 6.70. The monoisotopic (exact) mass is 294 g/mol. The van der Waals surface area contributed by atoms with Gasteiger partial charge in [-0.05, 0) is 31.9 Å². The fourth-order valence-electron chi connectivity index (χ4n) is 2.42. The number of piperidine rings is 1. The lowest BCUT2D eigenvalue weighted by molar-refractivity contribution is 0.0265. The second kappa shape index (κ2) is 6.35. The number of nitrogens with zero attached hydrogens (tertiary/aromatic N) is 2. The molecular weight excluding hydrogens is 276 g/mol. The van der Waals surface area contributed by atoms with Crippen LogP contribution < -0.4 is 0 Å². The van der Waals surface area contributed by atoms with Crippen molar-refractivity contribution in [2.24, 2.45) is 0 Å². The highest BCUT2D eigenvalue weighted by molar-refractivity contribution is 7.89. The second-order valence-electron chi connectivity index (χ2n) is 4.69. The van der Waals surface area contributed by atoms with E-state index in [0.717, 1.165) is 12.8 Å². The Morgan fingerprint density at radius 3 is 2.90 bits per heavy atom. The standard InChI is InChI=1S/C14H18N2O3S/c1-2-19-13-7-5-9-16(11-13)20(17,18)14-8-4-3-6-12(14)10-15/h3-4,6,8,13H,2,5,7,9,11H2,1H3. The van der Waals surface area contributed by atoms with Gasteiger partial charge in [0.2, 0.25) is 10.0 Å². The normalized spacial score (nSPS) is 20.5. The highest BCUT2D eigenvalue weighted by Crippen LogP contribution is 2.24. The van der Waals surface area contributed by atoms with Crippen LogP contribution in [-0.4, -0.2) is 38.5 Å². The van der Waals surface area contributed by atoms with Gasteiger partial charge >= 0.3 is 0 Å². The molecule has 0 saturated carbocycles. The molecule has 20 heavy (non-hydrogen) atoms. The van der Waals surface area contributed by atoms with Crippen LogP contribution in [0.1, 0.15) is 25.3 Å². The van der Waals surface area contributed by atoms with Gasteiger partial charge in [-0.1, -0.05) is 12.1 Å². The average molecular weight is 294 g/mol. The fraction of sp³-hybridized carbons (Fsp3) is 0.500. The Hall–Kier alpha value is -1.42. The predicted octanol–water partition coefficient (Wildman–Crippen LogP) is 1.75. The molecule has 1 aromatic rings. The van der Waals surface area contributed by atoms with Gasteiger partial charge in [-0.15, -0.1) is 0 Å². The first kappa shape index (κ1) is 15.0. The molecule has 1 aliphatic heterocycles. The molecule has 1 unspecified atom stereocenters. The fourth-order valence-corrected chi connectivity index (χ4v) is 4.07. The number of rotatable bonds is 4. The third kappa shape index (κ3) is 3.01. The van der Waals surface area contributed by atoms with E-state index in [9.17, 15) is 8.42 Å². The summed E-state index contributed by atoms with van der Waals surface area (Å²) >= 11 is 0. The predicted molar refractivity (Wildman–Crippen MR) is 74.6 cm³/mol. The average Bonchev–Trinajstić information content (AvgIpc) is 2.48. The van der Waals surface area contributed by atoms with Crippen LogP contribution in [0.3, 0.4) is 0 Å². The van der Waals surface area contributed by atoms with Gasteiger partial charge in [0.1, 0.15) is 6.07 Å². The minimum atomic E-state index is -3.63. The molecule has 1 aromatic carbocycles. The van der Waals surface area contributed by atoms with Crippen molar-refractivity contribution in [2.75, 3.05) is 19.7 Å². The number of nitriles is 1. The van der Waals surface area contributed by atoms with Crippen LogP contribution in [0.4, 0.5) is 0 Å². The largest absolute Gasteiger partial charge is 0.377 e. The van der Waals surface area contributed by atoms with E-state index in [1.807, 2.05) is 13.0 Å². The zero-order chi connectivity index (χ0) is 14.6. The first-order valence-corrected chi connectivity index (χ1v) is 8.14. The Morgan fingerprint density at radius 1 is 1.45 bits per heavy atom. The van der Waals surface area contributed by atoms with E-state index < -0.39 is 10.0 Å². The molecule has 5 nitrogen and oxygen atoms in total. The topological polar surface area (TPSA) is 70.4 Å². The molecule has 6 heteroatoms. The zero-order valence-electron chi connectivity index (χ0n) is 11.4. The van der Waals surface area contributed by atoms with E-state index in [-0.39, 0.29) is 16.6 Å². The lowest BCUT2D eigenvalue weighted by Gasteiger charge is -2.31. The van der Waals surface area contributed by atoms with Crippen LogP contribution in [0.25, 0.3) is 0 Å². The minimum Gasteiger partial charge on any atom is -0.377 e. The maximum absolute atomic E-state index is 12.6. The van der Waals surface area contributed by atoms with Crippen molar-refractivity contribution in [3.63, 3.8) is 0 Å². The van der Waals surface area contributed by atoms with Gasteiger partial charge in [-0.25, -0.2) is 8.42 Å². The SMILES string of the molecule is CCOC1CCCN(S(=O)(=O)c2ccccc2C#N)C1. The molecular formula is C14H18N2O3S. The Labute approximate surface area is 119 Å². The smallest absolute Gasteiger partial charge is 0.244 e. The Balaban J connectivity index is 2.28. The number of benzene rings is 1. The van der Waals surface area contributed by atoms with Gasteiger partial charge in [0, 0.05) is 19.7 Å². The molecule has 1 saturated heterocycles. The van der Waals surface area contributed by atoms with Crippen LogP contribution in [0.5, 0.6) is 0 Å².